The monoisotopic (exact) mass is 396 g/mol. The fourth-order valence-electron chi connectivity index (χ4n) is 3.87. The third-order valence-electron chi connectivity index (χ3n) is 5.44. The molecule has 0 saturated heterocycles. The first kappa shape index (κ1) is 20.6. The first-order valence-corrected chi connectivity index (χ1v) is 9.51. The Labute approximate surface area is 169 Å². The Balaban J connectivity index is 2.10. The van der Waals surface area contributed by atoms with Crippen LogP contribution in [-0.2, 0) is 19.1 Å². The molecule has 3 rings (SSSR count). The van der Waals surface area contributed by atoms with E-state index >= 15 is 0 Å². The van der Waals surface area contributed by atoms with Crippen LogP contribution in [0, 0.1) is 5.41 Å². The second kappa shape index (κ2) is 8.90. The Morgan fingerprint density at radius 3 is 2.03 bits per heavy atom. The summed E-state index contributed by atoms with van der Waals surface area (Å²) in [5.74, 6) is -0.471. The second-order valence-corrected chi connectivity index (χ2v) is 7.04. The second-order valence-electron chi connectivity index (χ2n) is 7.04. The number of carbonyl (C=O) groups is 3. The smallest absolute Gasteiger partial charge is 0.305 e. The van der Waals surface area contributed by atoms with Gasteiger partial charge in [-0.15, -0.1) is 0 Å². The lowest BCUT2D eigenvalue weighted by atomic mass is 9.66. The number of hydrogen-bond donors (Lipinski definition) is 0. The standard InChI is InChI=1S/C23H24O6/c1-27-19(24)12-14-23(15-13-20(25)28-2)21(26)17-10-6-7-11-18(17)29-22(23)16-8-4-3-5-9-16/h3-11,22H,12-15H2,1-2H3. The van der Waals surface area contributed by atoms with Crippen molar-refractivity contribution in [1.29, 1.82) is 0 Å². The van der Waals surface area contributed by atoms with Crippen molar-refractivity contribution in [3.8, 4) is 5.75 Å². The molecule has 0 N–H and O–H groups in total. The minimum Gasteiger partial charge on any atom is -0.484 e. The largest absolute Gasteiger partial charge is 0.484 e. The van der Waals surface area contributed by atoms with Crippen LogP contribution in [0.4, 0.5) is 0 Å². The Morgan fingerprint density at radius 2 is 1.45 bits per heavy atom. The predicted octanol–water partition coefficient (Wildman–Crippen LogP) is 3.90. The van der Waals surface area contributed by atoms with E-state index in [2.05, 4.69) is 0 Å². The molecule has 0 spiro atoms. The highest BCUT2D eigenvalue weighted by Crippen LogP contribution is 2.52. The van der Waals surface area contributed by atoms with Crippen LogP contribution in [0.2, 0.25) is 0 Å². The number of rotatable bonds is 7. The van der Waals surface area contributed by atoms with Gasteiger partial charge in [-0.05, 0) is 30.5 Å². The van der Waals surface area contributed by atoms with Gasteiger partial charge in [-0.1, -0.05) is 42.5 Å². The molecule has 29 heavy (non-hydrogen) atoms. The summed E-state index contributed by atoms with van der Waals surface area (Å²) in [4.78, 5) is 37.6. The molecule has 1 atom stereocenters. The number of para-hydroxylation sites is 1. The number of fused-ring (bicyclic) bond motifs is 1. The van der Waals surface area contributed by atoms with Crippen LogP contribution in [0.3, 0.4) is 0 Å². The van der Waals surface area contributed by atoms with Crippen molar-refractivity contribution in [2.45, 2.75) is 31.8 Å². The maximum atomic E-state index is 13.7. The summed E-state index contributed by atoms with van der Waals surface area (Å²) < 4.78 is 15.9. The van der Waals surface area contributed by atoms with E-state index in [1.165, 1.54) is 14.2 Å². The Morgan fingerprint density at radius 1 is 0.897 bits per heavy atom. The van der Waals surface area contributed by atoms with Gasteiger partial charge in [-0.25, -0.2) is 0 Å². The zero-order valence-corrected chi connectivity index (χ0v) is 16.6. The van der Waals surface area contributed by atoms with Crippen LogP contribution in [0.1, 0.15) is 47.7 Å². The zero-order valence-electron chi connectivity index (χ0n) is 16.6. The van der Waals surface area contributed by atoms with Crippen LogP contribution in [0.25, 0.3) is 0 Å². The van der Waals surface area contributed by atoms with Gasteiger partial charge in [0.2, 0.25) is 0 Å². The number of hydrogen-bond acceptors (Lipinski definition) is 6. The van der Waals surface area contributed by atoms with E-state index in [4.69, 9.17) is 14.2 Å². The van der Waals surface area contributed by atoms with Crippen LogP contribution >= 0.6 is 0 Å². The number of methoxy groups -OCH3 is 2. The summed E-state index contributed by atoms with van der Waals surface area (Å²) in [5, 5.41) is 0. The minimum absolute atomic E-state index is 0.0400. The summed E-state index contributed by atoms with van der Waals surface area (Å²) in [6, 6.07) is 16.4. The zero-order chi connectivity index (χ0) is 20.9. The summed E-state index contributed by atoms with van der Waals surface area (Å²) in [6.07, 6.45) is -0.163. The lowest BCUT2D eigenvalue weighted by molar-refractivity contribution is -0.142. The van der Waals surface area contributed by atoms with Crippen molar-refractivity contribution in [2.75, 3.05) is 14.2 Å². The molecule has 2 aromatic carbocycles. The minimum atomic E-state index is -1.10. The fourth-order valence-corrected chi connectivity index (χ4v) is 3.87. The first-order valence-electron chi connectivity index (χ1n) is 9.51. The van der Waals surface area contributed by atoms with E-state index in [1.54, 1.807) is 18.2 Å². The Bertz CT molecular complexity index is 869. The molecule has 0 saturated carbocycles. The number of carbonyl (C=O) groups excluding carboxylic acids is 3. The topological polar surface area (TPSA) is 78.9 Å². The van der Waals surface area contributed by atoms with Crippen LogP contribution in [0.15, 0.2) is 54.6 Å². The van der Waals surface area contributed by atoms with Gasteiger partial charge in [0.05, 0.1) is 25.2 Å². The molecule has 0 aliphatic carbocycles. The Hall–Kier alpha value is -3.15. The van der Waals surface area contributed by atoms with Crippen molar-refractivity contribution in [1.82, 2.24) is 0 Å². The molecule has 2 aromatic rings. The van der Waals surface area contributed by atoms with E-state index in [1.807, 2.05) is 36.4 Å². The molecule has 1 aliphatic heterocycles. The van der Waals surface area contributed by atoms with Gasteiger partial charge in [0, 0.05) is 12.8 Å². The molecule has 0 radical (unpaired) electrons. The summed E-state index contributed by atoms with van der Waals surface area (Å²) in [6.45, 7) is 0. The van der Waals surface area contributed by atoms with E-state index in [0.29, 0.717) is 11.3 Å². The number of Topliss-reactive ketones (excluding diaryl/α,β-unsaturated/α-hetero) is 1. The highest BCUT2D eigenvalue weighted by Gasteiger charge is 2.51. The highest BCUT2D eigenvalue weighted by molar-refractivity contribution is 6.04. The third-order valence-corrected chi connectivity index (χ3v) is 5.44. The van der Waals surface area contributed by atoms with Gasteiger partial charge < -0.3 is 14.2 Å². The summed E-state index contributed by atoms with van der Waals surface area (Å²) in [7, 11) is 2.62. The van der Waals surface area contributed by atoms with Crippen LogP contribution < -0.4 is 4.74 Å². The number of ketones is 1. The molecule has 0 amide bonds. The normalized spacial score (nSPS) is 17.0. The van der Waals surface area contributed by atoms with Gasteiger partial charge in [0.25, 0.3) is 0 Å². The molecule has 0 fully saturated rings. The average molecular weight is 396 g/mol. The Kier molecular flexibility index (Phi) is 6.32. The van der Waals surface area contributed by atoms with Crippen molar-refractivity contribution in [3.05, 3.63) is 65.7 Å². The van der Waals surface area contributed by atoms with Crippen molar-refractivity contribution in [2.24, 2.45) is 5.41 Å². The quantitative estimate of drug-likeness (QED) is 0.661. The summed E-state index contributed by atoms with van der Waals surface area (Å²) in [5.41, 5.74) is 0.164. The van der Waals surface area contributed by atoms with Crippen LogP contribution in [0.5, 0.6) is 5.75 Å². The van der Waals surface area contributed by atoms with E-state index in [0.717, 1.165) is 5.56 Å². The van der Waals surface area contributed by atoms with Gasteiger partial charge in [0.1, 0.15) is 11.9 Å². The van der Waals surface area contributed by atoms with E-state index in [9.17, 15) is 14.4 Å². The highest BCUT2D eigenvalue weighted by atomic mass is 16.5. The predicted molar refractivity (Wildman–Crippen MR) is 106 cm³/mol. The molecule has 1 heterocycles. The van der Waals surface area contributed by atoms with E-state index in [-0.39, 0.29) is 31.5 Å². The van der Waals surface area contributed by atoms with Gasteiger partial charge in [-0.3, -0.25) is 14.4 Å². The van der Waals surface area contributed by atoms with Crippen molar-refractivity contribution >= 4 is 17.7 Å². The van der Waals surface area contributed by atoms with Crippen LogP contribution in [-0.4, -0.2) is 31.9 Å². The molecular formula is C23H24O6. The maximum absolute atomic E-state index is 13.7. The molecular weight excluding hydrogens is 372 g/mol. The SMILES string of the molecule is COC(=O)CCC1(CCC(=O)OC)C(=O)c2ccccc2OC1c1ccccc1. The number of ether oxygens (including phenoxy) is 3. The molecule has 1 aliphatic rings. The molecule has 6 nitrogen and oxygen atoms in total. The van der Waals surface area contributed by atoms with Crippen molar-refractivity contribution in [3.63, 3.8) is 0 Å². The molecule has 6 heteroatoms. The maximum Gasteiger partial charge on any atom is 0.305 e. The lowest BCUT2D eigenvalue weighted by Gasteiger charge is -2.43. The van der Waals surface area contributed by atoms with Gasteiger partial charge in [0.15, 0.2) is 5.78 Å². The average Bonchev–Trinajstić information content (AvgIpc) is 2.77. The lowest BCUT2D eigenvalue weighted by Crippen LogP contribution is -2.44. The van der Waals surface area contributed by atoms with Gasteiger partial charge in [-0.2, -0.15) is 0 Å². The fraction of sp³-hybridized carbons (Fsp3) is 0.348. The van der Waals surface area contributed by atoms with E-state index < -0.39 is 23.5 Å². The molecule has 0 aromatic heterocycles. The van der Waals surface area contributed by atoms with Gasteiger partial charge >= 0.3 is 11.9 Å². The molecule has 152 valence electrons. The number of esters is 2. The van der Waals surface area contributed by atoms with Crippen molar-refractivity contribution < 1.29 is 28.6 Å². The third kappa shape index (κ3) is 4.16. The molecule has 0 bridgehead atoms. The molecule has 1 unspecified atom stereocenters. The first-order chi connectivity index (χ1) is 14.0. The summed E-state index contributed by atoms with van der Waals surface area (Å²) >= 11 is 0. The number of benzene rings is 2.